The summed E-state index contributed by atoms with van der Waals surface area (Å²) >= 11 is 6.60. The summed E-state index contributed by atoms with van der Waals surface area (Å²) in [4.78, 5) is 34.2. The van der Waals surface area contributed by atoms with E-state index in [1.54, 1.807) is 24.1 Å². The summed E-state index contributed by atoms with van der Waals surface area (Å²) in [6, 6.07) is 10.3. The van der Waals surface area contributed by atoms with Crippen molar-refractivity contribution in [1.29, 1.82) is 0 Å². The van der Waals surface area contributed by atoms with Crippen molar-refractivity contribution in [3.05, 3.63) is 65.6 Å². The number of ether oxygens (including phenoxy) is 1. The zero-order chi connectivity index (χ0) is 34.7. The molecule has 8 rings (SSSR count). The average molecular weight is 706 g/mol. The third-order valence-corrected chi connectivity index (χ3v) is 11.5. The highest BCUT2D eigenvalue weighted by Gasteiger charge is 2.49. The Labute approximate surface area is 293 Å². The molecular formula is C37H39ClF3N7O2. The topological polar surface area (TPSA) is 77.9 Å². The van der Waals surface area contributed by atoms with Gasteiger partial charge in [0.25, 0.3) is 0 Å². The number of amides is 1. The normalized spacial score (nSPS) is 27.0. The Hall–Kier alpha value is -4.00. The number of hydrogen-bond acceptors (Lipinski definition) is 8. The highest BCUT2D eigenvalue weighted by molar-refractivity contribution is 6.36. The molecule has 0 bridgehead atoms. The van der Waals surface area contributed by atoms with Gasteiger partial charge in [0.1, 0.15) is 36.0 Å². The van der Waals surface area contributed by atoms with E-state index in [9.17, 15) is 9.18 Å². The standard InChI is InChI=1S/C37H39ClF3N7O2/c1-45-15-12-24(45)10-11-30(49)47-19-28(40)29(20-47)46(2)35-26-17-42-33(25-8-3-6-22-7-4-9-27(38)31(22)25)32(41)34(26)43-36(44-35)50-21-37-13-5-14-48(37)18-23(39)16-37/h3-4,6-11,17,23-24,28-29H,5,12-16,18-21H2,1-2H3/b11-10+/t23-,24-,28-,29-,37+/m1/s1. The Morgan fingerprint density at radius 3 is 2.74 bits per heavy atom. The molecule has 13 heteroatoms. The Kier molecular flexibility index (Phi) is 8.59. The predicted octanol–water partition coefficient (Wildman–Crippen LogP) is 5.84. The second-order valence-electron chi connectivity index (χ2n) is 14.2. The third-order valence-electron chi connectivity index (χ3n) is 11.2. The molecule has 4 saturated heterocycles. The van der Waals surface area contributed by atoms with E-state index in [1.165, 1.54) is 17.2 Å². The maximum absolute atomic E-state index is 16.8. The molecule has 2 aromatic heterocycles. The fourth-order valence-corrected chi connectivity index (χ4v) is 8.49. The number of hydrogen-bond donors (Lipinski definition) is 0. The van der Waals surface area contributed by atoms with Gasteiger partial charge in [-0.15, -0.1) is 0 Å². The summed E-state index contributed by atoms with van der Waals surface area (Å²) in [5, 5.41) is 2.21. The van der Waals surface area contributed by atoms with Crippen LogP contribution in [0.1, 0.15) is 25.7 Å². The van der Waals surface area contributed by atoms with Crippen LogP contribution >= 0.6 is 11.6 Å². The van der Waals surface area contributed by atoms with E-state index in [0.717, 1.165) is 37.7 Å². The van der Waals surface area contributed by atoms with E-state index < -0.39 is 29.7 Å². The number of carbonyl (C=O) groups is 1. The first-order valence-electron chi connectivity index (χ1n) is 17.2. The number of carbonyl (C=O) groups excluding carboxylic acids is 1. The fraction of sp³-hybridized carbons (Fsp3) is 0.459. The molecule has 4 aliphatic heterocycles. The zero-order valence-corrected chi connectivity index (χ0v) is 28.8. The number of anilines is 1. The van der Waals surface area contributed by atoms with Gasteiger partial charge in [-0.1, -0.05) is 48.0 Å². The Morgan fingerprint density at radius 1 is 1.14 bits per heavy atom. The number of aromatic nitrogens is 3. The van der Waals surface area contributed by atoms with E-state index in [1.807, 2.05) is 37.4 Å². The number of likely N-dealkylation sites (tertiary alicyclic amines) is 2. The molecule has 4 fully saturated rings. The van der Waals surface area contributed by atoms with Crippen LogP contribution in [0.5, 0.6) is 6.01 Å². The Bertz CT molecular complexity index is 1990. The van der Waals surface area contributed by atoms with Crippen molar-refractivity contribution in [1.82, 2.24) is 29.7 Å². The minimum absolute atomic E-state index is 0.0460. The van der Waals surface area contributed by atoms with Gasteiger partial charge >= 0.3 is 6.01 Å². The molecule has 0 spiro atoms. The van der Waals surface area contributed by atoms with Crippen LogP contribution < -0.4 is 9.64 Å². The first-order valence-corrected chi connectivity index (χ1v) is 17.6. The number of likely N-dealkylation sites (N-methyl/N-ethyl adjacent to an activating group) is 2. The number of rotatable bonds is 8. The van der Waals surface area contributed by atoms with E-state index in [4.69, 9.17) is 21.3 Å². The van der Waals surface area contributed by atoms with Crippen molar-refractivity contribution >= 4 is 45.0 Å². The molecule has 0 aliphatic carbocycles. The largest absolute Gasteiger partial charge is 0.461 e. The van der Waals surface area contributed by atoms with Gasteiger partial charge < -0.3 is 14.5 Å². The van der Waals surface area contributed by atoms with Crippen molar-refractivity contribution in [3.8, 4) is 17.3 Å². The zero-order valence-electron chi connectivity index (χ0n) is 28.0. The molecule has 0 unspecified atom stereocenters. The van der Waals surface area contributed by atoms with Crippen molar-refractivity contribution in [3.63, 3.8) is 0 Å². The number of fused-ring (bicyclic) bond motifs is 3. The van der Waals surface area contributed by atoms with Crippen molar-refractivity contribution in [2.45, 2.75) is 55.6 Å². The monoisotopic (exact) mass is 705 g/mol. The lowest BCUT2D eigenvalue weighted by Crippen LogP contribution is -2.43. The summed E-state index contributed by atoms with van der Waals surface area (Å²) in [6.45, 7) is 2.30. The van der Waals surface area contributed by atoms with Crippen molar-refractivity contribution in [2.75, 3.05) is 58.3 Å². The molecule has 50 heavy (non-hydrogen) atoms. The van der Waals surface area contributed by atoms with E-state index in [-0.39, 0.29) is 60.1 Å². The summed E-state index contributed by atoms with van der Waals surface area (Å²) in [7, 11) is 3.67. The molecule has 4 aromatic rings. The van der Waals surface area contributed by atoms with Crippen LogP contribution in [0.25, 0.3) is 32.9 Å². The molecule has 0 saturated carbocycles. The molecule has 5 atom stereocenters. The van der Waals surface area contributed by atoms with Crippen molar-refractivity contribution in [2.24, 2.45) is 0 Å². The molecule has 6 heterocycles. The highest BCUT2D eigenvalue weighted by atomic mass is 35.5. The SMILES string of the molecule is CN1CC[C@H]1/C=C/C(=O)N1C[C@@H](F)[C@H](N(C)c2nc(OC[C@@]34CCCN3C[C@H](F)C4)nc3c(F)c(-c4cccc5cccc(Cl)c45)ncc23)C1. The summed E-state index contributed by atoms with van der Waals surface area (Å²) in [6.07, 6.45) is 5.58. The summed E-state index contributed by atoms with van der Waals surface area (Å²) in [5.41, 5.74) is 0.0223. The quantitative estimate of drug-likeness (QED) is 0.212. The molecule has 0 N–H and O–H groups in total. The van der Waals surface area contributed by atoms with E-state index in [0.29, 0.717) is 28.9 Å². The van der Waals surface area contributed by atoms with Crippen LogP contribution in [-0.4, -0.2) is 119 Å². The van der Waals surface area contributed by atoms with Crippen LogP contribution in [0.4, 0.5) is 19.0 Å². The predicted molar refractivity (Wildman–Crippen MR) is 188 cm³/mol. The van der Waals surface area contributed by atoms with Gasteiger partial charge in [-0.05, 0) is 44.3 Å². The number of pyridine rings is 1. The minimum Gasteiger partial charge on any atom is -0.461 e. The maximum Gasteiger partial charge on any atom is 0.319 e. The minimum atomic E-state index is -1.39. The van der Waals surface area contributed by atoms with Gasteiger partial charge in [0.2, 0.25) is 5.91 Å². The van der Waals surface area contributed by atoms with Gasteiger partial charge in [0.15, 0.2) is 5.82 Å². The summed E-state index contributed by atoms with van der Waals surface area (Å²) in [5.74, 6) is -0.731. The molecule has 262 valence electrons. The van der Waals surface area contributed by atoms with Gasteiger partial charge in [0, 0.05) is 67.4 Å². The highest BCUT2D eigenvalue weighted by Crippen LogP contribution is 2.41. The lowest BCUT2D eigenvalue weighted by atomic mass is 9.95. The molecule has 4 aliphatic rings. The van der Waals surface area contributed by atoms with Gasteiger partial charge in [0.05, 0.1) is 23.5 Å². The molecule has 0 radical (unpaired) electrons. The van der Waals surface area contributed by atoms with E-state index >= 15 is 8.78 Å². The smallest absolute Gasteiger partial charge is 0.319 e. The maximum atomic E-state index is 16.8. The van der Waals surface area contributed by atoms with Crippen LogP contribution in [0, 0.1) is 5.82 Å². The second-order valence-corrected chi connectivity index (χ2v) is 14.6. The van der Waals surface area contributed by atoms with Crippen LogP contribution in [-0.2, 0) is 4.79 Å². The molecule has 9 nitrogen and oxygen atoms in total. The number of nitrogens with zero attached hydrogens (tertiary/aromatic N) is 7. The third kappa shape index (κ3) is 5.75. The number of alkyl halides is 2. The van der Waals surface area contributed by atoms with Gasteiger partial charge in [-0.2, -0.15) is 9.97 Å². The first kappa shape index (κ1) is 33.2. The van der Waals surface area contributed by atoms with E-state index in [2.05, 4.69) is 19.8 Å². The summed E-state index contributed by atoms with van der Waals surface area (Å²) < 4.78 is 53.4. The fourth-order valence-electron chi connectivity index (χ4n) is 8.21. The molecule has 1 amide bonds. The van der Waals surface area contributed by atoms with Crippen LogP contribution in [0.3, 0.4) is 0 Å². The lowest BCUT2D eigenvalue weighted by molar-refractivity contribution is -0.125. The lowest BCUT2D eigenvalue weighted by Gasteiger charge is -2.35. The van der Waals surface area contributed by atoms with Gasteiger partial charge in [-0.3, -0.25) is 19.6 Å². The second kappa shape index (κ2) is 13.0. The van der Waals surface area contributed by atoms with Crippen LogP contribution in [0.15, 0.2) is 54.7 Å². The average Bonchev–Trinajstić information content (AvgIpc) is 3.77. The van der Waals surface area contributed by atoms with Crippen LogP contribution in [0.2, 0.25) is 5.02 Å². The Balaban J connectivity index is 1.16. The van der Waals surface area contributed by atoms with Gasteiger partial charge in [-0.25, -0.2) is 13.2 Å². The van der Waals surface area contributed by atoms with Crippen molar-refractivity contribution < 1.29 is 22.7 Å². The molecule has 2 aromatic carbocycles. The number of benzene rings is 2. The first-order chi connectivity index (χ1) is 24.1. The number of halogens is 4. The Morgan fingerprint density at radius 2 is 1.96 bits per heavy atom. The molecular weight excluding hydrogens is 667 g/mol.